The summed E-state index contributed by atoms with van der Waals surface area (Å²) in [4.78, 5) is 17.5. The molecule has 1 saturated heterocycles. The van der Waals surface area contributed by atoms with Gasteiger partial charge in [0.15, 0.2) is 5.82 Å². The molecule has 1 N–H and O–H groups in total. The summed E-state index contributed by atoms with van der Waals surface area (Å²) in [7, 11) is 4.02. The molecule has 0 unspecified atom stereocenters. The molecule has 0 aliphatic carbocycles. The summed E-state index contributed by atoms with van der Waals surface area (Å²) in [6.45, 7) is 5.74. The van der Waals surface area contributed by atoms with E-state index in [0.29, 0.717) is 46.1 Å². The Hall–Kier alpha value is -3.08. The van der Waals surface area contributed by atoms with E-state index in [1.165, 1.54) is 17.7 Å². The van der Waals surface area contributed by atoms with Crippen LogP contribution in [-0.2, 0) is 4.74 Å². The van der Waals surface area contributed by atoms with Crippen LogP contribution in [0.4, 0.5) is 21.6 Å². The van der Waals surface area contributed by atoms with Gasteiger partial charge in [0.25, 0.3) is 0 Å². The molecule has 0 spiro atoms. The minimum Gasteiger partial charge on any atom is -0.488 e. The van der Waals surface area contributed by atoms with Gasteiger partial charge in [-0.3, -0.25) is 0 Å². The number of rotatable bonds is 7. The molecule has 0 amide bonds. The van der Waals surface area contributed by atoms with E-state index in [4.69, 9.17) is 9.47 Å². The van der Waals surface area contributed by atoms with Crippen molar-refractivity contribution in [3.05, 3.63) is 41.9 Å². The van der Waals surface area contributed by atoms with Gasteiger partial charge in [0.1, 0.15) is 24.0 Å². The van der Waals surface area contributed by atoms with Crippen LogP contribution in [0.3, 0.4) is 0 Å². The number of morpholine rings is 1. The molecular formula is C24H27FN6O2S. The fourth-order valence-corrected chi connectivity index (χ4v) is 4.95. The minimum atomic E-state index is -0.347. The van der Waals surface area contributed by atoms with Crippen LogP contribution >= 0.6 is 11.3 Å². The molecular weight excluding hydrogens is 455 g/mol. The summed E-state index contributed by atoms with van der Waals surface area (Å²) in [5.74, 6) is 0.809. The molecule has 34 heavy (non-hydrogen) atoms. The maximum atomic E-state index is 15.2. The van der Waals surface area contributed by atoms with Crippen LogP contribution in [0.5, 0.6) is 5.75 Å². The Labute approximate surface area is 201 Å². The number of hydrogen-bond donors (Lipinski definition) is 1. The second kappa shape index (κ2) is 9.65. The number of ether oxygens (including phenoxy) is 2. The fraction of sp³-hybridized carbons (Fsp3) is 0.375. The van der Waals surface area contributed by atoms with Gasteiger partial charge < -0.3 is 24.6 Å². The average Bonchev–Trinajstić information content (AvgIpc) is 3.30. The summed E-state index contributed by atoms with van der Waals surface area (Å²) >= 11 is 1.27. The Morgan fingerprint density at radius 2 is 2.00 bits per heavy atom. The average molecular weight is 483 g/mol. The quantitative estimate of drug-likeness (QED) is 0.418. The van der Waals surface area contributed by atoms with Crippen LogP contribution in [0.1, 0.15) is 6.92 Å². The molecule has 0 bridgehead atoms. The maximum Gasteiger partial charge on any atom is 0.166 e. The van der Waals surface area contributed by atoms with Gasteiger partial charge in [-0.15, -0.1) is 11.3 Å². The maximum absolute atomic E-state index is 15.2. The first kappa shape index (κ1) is 22.7. The van der Waals surface area contributed by atoms with Crippen LogP contribution in [0, 0.1) is 5.82 Å². The first-order valence-electron chi connectivity index (χ1n) is 11.2. The number of fused-ring (bicyclic) bond motifs is 2. The minimum absolute atomic E-state index is 0.0727. The van der Waals surface area contributed by atoms with Crippen LogP contribution in [0.2, 0.25) is 0 Å². The van der Waals surface area contributed by atoms with E-state index in [2.05, 4.69) is 30.1 Å². The van der Waals surface area contributed by atoms with Crippen LogP contribution < -0.4 is 15.0 Å². The number of halogens is 1. The van der Waals surface area contributed by atoms with Crippen LogP contribution in [0.25, 0.3) is 21.1 Å². The zero-order chi connectivity index (χ0) is 23.7. The van der Waals surface area contributed by atoms with Gasteiger partial charge in [-0.25, -0.2) is 19.3 Å². The SMILES string of the molecule is C[C@H](CN(C)C)Oc1cc(N2CCOCC2)cc2ncnc(Nc3ccc4ncsc4c3F)c12. The molecule has 1 fully saturated rings. The van der Waals surface area contributed by atoms with Crippen LogP contribution in [-0.4, -0.2) is 72.9 Å². The number of nitrogens with one attached hydrogen (secondary N) is 1. The standard InChI is InChI=1S/C24H27FN6O2S/c1-15(12-30(2)3)33-20-11-16(31-6-8-32-9-7-31)10-19-21(20)24(27-13-26-19)29-17-4-5-18-23(22(17)25)34-14-28-18/h4-5,10-11,13-15H,6-9,12H2,1-3H3,(H,26,27,29)/t15-/m1/s1. The van der Waals surface area contributed by atoms with Gasteiger partial charge >= 0.3 is 0 Å². The molecule has 0 radical (unpaired) electrons. The summed E-state index contributed by atoms with van der Waals surface area (Å²) in [5.41, 5.74) is 4.36. The molecule has 178 valence electrons. The monoisotopic (exact) mass is 482 g/mol. The number of thiazole rings is 1. The first-order valence-corrected chi connectivity index (χ1v) is 12.1. The third kappa shape index (κ3) is 4.61. The van der Waals surface area contributed by atoms with Crippen molar-refractivity contribution in [2.75, 3.05) is 57.2 Å². The van der Waals surface area contributed by atoms with E-state index in [1.54, 1.807) is 17.6 Å². The number of nitrogens with zero attached hydrogens (tertiary/aromatic N) is 5. The molecule has 2 aromatic carbocycles. The zero-order valence-corrected chi connectivity index (χ0v) is 20.2. The summed E-state index contributed by atoms with van der Waals surface area (Å²) in [6.07, 6.45) is 1.42. The number of likely N-dealkylation sites (N-methyl/N-ethyl adjacent to an activating group) is 1. The van der Waals surface area contributed by atoms with Gasteiger partial charge in [0.2, 0.25) is 0 Å². The highest BCUT2D eigenvalue weighted by molar-refractivity contribution is 7.16. The van der Waals surface area contributed by atoms with Crippen molar-refractivity contribution >= 4 is 49.6 Å². The van der Waals surface area contributed by atoms with Crippen molar-refractivity contribution in [3.8, 4) is 5.75 Å². The van der Waals surface area contributed by atoms with Gasteiger partial charge in [-0.1, -0.05) is 0 Å². The Bertz CT molecular complexity index is 1310. The van der Waals surface area contributed by atoms with E-state index in [-0.39, 0.29) is 11.9 Å². The third-order valence-corrected chi connectivity index (χ3v) is 6.54. The second-order valence-electron chi connectivity index (χ2n) is 8.60. The van der Waals surface area contributed by atoms with E-state index >= 15 is 4.39 Å². The largest absolute Gasteiger partial charge is 0.488 e. The molecule has 1 atom stereocenters. The fourth-order valence-electron chi connectivity index (χ4n) is 4.22. The van der Waals surface area contributed by atoms with E-state index < -0.39 is 0 Å². The Kier molecular flexibility index (Phi) is 6.44. The summed E-state index contributed by atoms with van der Waals surface area (Å²) in [5, 5.41) is 3.90. The molecule has 4 aromatic rings. The lowest BCUT2D eigenvalue weighted by molar-refractivity contribution is 0.122. The predicted octanol–water partition coefficient (Wildman–Crippen LogP) is 4.29. The lowest BCUT2D eigenvalue weighted by atomic mass is 10.1. The van der Waals surface area contributed by atoms with E-state index in [0.717, 1.165) is 30.8 Å². The van der Waals surface area contributed by atoms with Crippen molar-refractivity contribution in [1.82, 2.24) is 19.9 Å². The molecule has 1 aliphatic heterocycles. The molecule has 1 aliphatic rings. The molecule has 2 aromatic heterocycles. The summed E-state index contributed by atoms with van der Waals surface area (Å²) in [6, 6.07) is 7.53. The summed E-state index contributed by atoms with van der Waals surface area (Å²) < 4.78 is 27.6. The number of benzene rings is 2. The third-order valence-electron chi connectivity index (χ3n) is 5.70. The van der Waals surface area contributed by atoms with Gasteiger partial charge in [-0.2, -0.15) is 0 Å². The predicted molar refractivity (Wildman–Crippen MR) is 134 cm³/mol. The topological polar surface area (TPSA) is 75.6 Å². The Morgan fingerprint density at radius 1 is 1.18 bits per heavy atom. The highest BCUT2D eigenvalue weighted by Gasteiger charge is 2.20. The number of aromatic nitrogens is 3. The normalized spacial score (nSPS) is 15.3. The highest BCUT2D eigenvalue weighted by Crippen LogP contribution is 2.37. The highest BCUT2D eigenvalue weighted by atomic mass is 32.1. The lowest BCUT2D eigenvalue weighted by Gasteiger charge is -2.30. The smallest absolute Gasteiger partial charge is 0.166 e. The van der Waals surface area contributed by atoms with Crippen molar-refractivity contribution in [2.24, 2.45) is 0 Å². The van der Waals surface area contributed by atoms with Crippen molar-refractivity contribution < 1.29 is 13.9 Å². The molecule has 8 nitrogen and oxygen atoms in total. The zero-order valence-electron chi connectivity index (χ0n) is 19.4. The molecule has 10 heteroatoms. The van der Waals surface area contributed by atoms with E-state index in [9.17, 15) is 0 Å². The second-order valence-corrected chi connectivity index (χ2v) is 9.46. The van der Waals surface area contributed by atoms with Gasteiger partial charge in [0.05, 0.1) is 45.5 Å². The number of hydrogen-bond acceptors (Lipinski definition) is 9. The van der Waals surface area contributed by atoms with E-state index in [1.807, 2.05) is 33.2 Å². The van der Waals surface area contributed by atoms with Gasteiger partial charge in [0, 0.05) is 31.4 Å². The first-order chi connectivity index (χ1) is 16.5. The van der Waals surface area contributed by atoms with Crippen LogP contribution in [0.15, 0.2) is 36.1 Å². The van der Waals surface area contributed by atoms with Crippen molar-refractivity contribution in [1.29, 1.82) is 0 Å². The van der Waals surface area contributed by atoms with Crippen molar-refractivity contribution in [2.45, 2.75) is 13.0 Å². The van der Waals surface area contributed by atoms with Crippen molar-refractivity contribution in [3.63, 3.8) is 0 Å². The number of anilines is 3. The molecule has 0 saturated carbocycles. The lowest BCUT2D eigenvalue weighted by Crippen LogP contribution is -2.36. The Morgan fingerprint density at radius 3 is 2.79 bits per heavy atom. The molecule has 3 heterocycles. The van der Waals surface area contributed by atoms with Gasteiger partial charge in [-0.05, 0) is 39.2 Å². The Balaban J connectivity index is 1.59. The molecule has 5 rings (SSSR count).